The van der Waals surface area contributed by atoms with Gasteiger partial charge in [0.15, 0.2) is 0 Å². The van der Waals surface area contributed by atoms with Crippen LogP contribution in [0.25, 0.3) is 0 Å². The van der Waals surface area contributed by atoms with Gasteiger partial charge in [-0.3, -0.25) is 43.2 Å². The SMILES string of the molecule is CC[C@H](C)[C@H](NC(=O)[C@H](CCSC)NC(=O)[C@@H](NC(=O)CNC(=O)[C@@H](N)C(C)C)C(C)C)C(=O)N[C@H](C(=O)N[C@H](C(=O)N[C@@H](Cc1ccccc1)C(=O)N1CCC[C@H]1C(=O)N[C@@H](Cc1ccc(O)cc1)C(=O)O)[C@@H](C)O)[C@@H](C)O. The van der Waals surface area contributed by atoms with Crippen LogP contribution in [0.2, 0.25) is 0 Å². The molecule has 3 rings (SSSR count). The van der Waals surface area contributed by atoms with E-state index in [0.29, 0.717) is 29.7 Å². The van der Waals surface area contributed by atoms with Crippen LogP contribution in [0.1, 0.15) is 92.2 Å². The number of phenols is 1. The molecule has 0 radical (unpaired) electrons. The standard InChI is InChI=1S/C54H82N10O14S/c1-10-30(6)43(61-46(69)36(22-24-79-9)57-49(72)42(29(4)5)60-40(68)27-56-48(71)41(55)28(2)3)50(73)62-45(32(8)66)52(75)63-44(31(7)65)51(74)58-37(25-33-15-12-11-13-16-33)53(76)64-23-14-17-39(64)47(70)59-38(54(77)78)26-34-18-20-35(67)21-19-34/h11-13,15-16,18-21,28-32,36-39,41-45,65-67H,10,14,17,22-27,55H2,1-9H3,(H,56,71)(H,57,72)(H,58,74)(H,59,70)(H,60,68)(H,61,69)(H,62,73)(H,63,75)(H,77,78)/t30-,31+,32+,36-,37-,38-,39-,41-,42-,43-,44-,45-/m0/s1. The summed E-state index contributed by atoms with van der Waals surface area (Å²) in [4.78, 5) is 137. The normalized spacial score (nSPS) is 17.4. The van der Waals surface area contributed by atoms with E-state index in [1.807, 2.05) is 0 Å². The third-order valence-electron chi connectivity index (χ3n) is 13.6. The second kappa shape index (κ2) is 32.3. The molecular weight excluding hydrogens is 1040 g/mol. The van der Waals surface area contributed by atoms with E-state index in [2.05, 4.69) is 42.5 Å². The first-order valence-electron chi connectivity index (χ1n) is 26.6. The molecule has 9 amide bonds. The summed E-state index contributed by atoms with van der Waals surface area (Å²) < 4.78 is 0. The number of amides is 9. The number of carbonyl (C=O) groups excluding carboxylic acids is 9. The molecule has 1 heterocycles. The zero-order valence-electron chi connectivity index (χ0n) is 46.4. The summed E-state index contributed by atoms with van der Waals surface area (Å²) in [5, 5.41) is 61.9. The minimum Gasteiger partial charge on any atom is -0.508 e. The predicted molar refractivity (Wildman–Crippen MR) is 294 cm³/mol. The molecule has 0 unspecified atom stereocenters. The summed E-state index contributed by atoms with van der Waals surface area (Å²) in [6.45, 7) is 12.2. The summed E-state index contributed by atoms with van der Waals surface area (Å²) in [6.07, 6.45) is -0.757. The molecule has 1 saturated heterocycles. The van der Waals surface area contributed by atoms with Gasteiger partial charge in [-0.1, -0.05) is 90.4 Å². The molecule has 1 fully saturated rings. The molecule has 2 aromatic rings. The lowest BCUT2D eigenvalue weighted by molar-refractivity contribution is -0.145. The first-order chi connectivity index (χ1) is 37.2. The number of benzene rings is 2. The molecule has 1 aliphatic heterocycles. The maximum atomic E-state index is 14.5. The van der Waals surface area contributed by atoms with Gasteiger partial charge in [-0.25, -0.2) is 4.79 Å². The van der Waals surface area contributed by atoms with Crippen LogP contribution in [-0.2, 0) is 60.8 Å². The Hall–Kier alpha value is -6.83. The van der Waals surface area contributed by atoms with Crippen molar-refractivity contribution in [3.63, 3.8) is 0 Å². The first kappa shape index (κ1) is 66.4. The maximum Gasteiger partial charge on any atom is 0.326 e. The molecule has 0 saturated carbocycles. The van der Waals surface area contributed by atoms with Crippen molar-refractivity contribution in [3.8, 4) is 5.75 Å². The number of nitrogens with zero attached hydrogens (tertiary/aromatic N) is 1. The number of nitrogens with one attached hydrogen (secondary N) is 8. The fraction of sp³-hybridized carbons (Fsp3) is 0.593. The van der Waals surface area contributed by atoms with E-state index >= 15 is 0 Å². The zero-order chi connectivity index (χ0) is 59.3. The van der Waals surface area contributed by atoms with E-state index in [9.17, 15) is 68.4 Å². The highest BCUT2D eigenvalue weighted by molar-refractivity contribution is 7.98. The summed E-state index contributed by atoms with van der Waals surface area (Å²) in [5.74, 6) is -9.50. The molecule has 1 aliphatic rings. The first-order valence-corrected chi connectivity index (χ1v) is 27.9. The number of carbonyl (C=O) groups is 10. The Labute approximate surface area is 465 Å². The minimum atomic E-state index is -1.79. The van der Waals surface area contributed by atoms with Crippen molar-refractivity contribution in [1.29, 1.82) is 0 Å². The van der Waals surface area contributed by atoms with Gasteiger partial charge in [0.2, 0.25) is 53.2 Å². The number of rotatable bonds is 31. The number of carboxylic acid groups (broad SMARTS) is 1. The number of phenolic OH excluding ortho intramolecular Hbond substituents is 1. The Morgan fingerprint density at radius 1 is 0.633 bits per heavy atom. The average molecular weight is 1130 g/mol. The van der Waals surface area contributed by atoms with E-state index in [4.69, 9.17) is 5.73 Å². The third kappa shape index (κ3) is 20.7. The maximum absolute atomic E-state index is 14.5. The third-order valence-corrected chi connectivity index (χ3v) is 14.2. The Bertz CT molecular complexity index is 2400. The lowest BCUT2D eigenvalue weighted by Gasteiger charge is -2.32. The van der Waals surface area contributed by atoms with Gasteiger partial charge in [-0.2, -0.15) is 11.8 Å². The van der Waals surface area contributed by atoms with Gasteiger partial charge >= 0.3 is 5.97 Å². The van der Waals surface area contributed by atoms with E-state index in [1.165, 1.54) is 54.8 Å². The van der Waals surface area contributed by atoms with Gasteiger partial charge < -0.3 is 73.6 Å². The largest absolute Gasteiger partial charge is 0.508 e. The van der Waals surface area contributed by atoms with Crippen LogP contribution in [-0.4, -0.2) is 176 Å². The van der Waals surface area contributed by atoms with Gasteiger partial charge in [-0.05, 0) is 86.1 Å². The lowest BCUT2D eigenvalue weighted by atomic mass is 9.96. The van der Waals surface area contributed by atoms with E-state index in [0.717, 1.165) is 0 Å². The van der Waals surface area contributed by atoms with Crippen molar-refractivity contribution < 1.29 is 68.4 Å². The summed E-state index contributed by atoms with van der Waals surface area (Å²) in [5.41, 5.74) is 6.98. The molecule has 24 nitrogen and oxygen atoms in total. The predicted octanol–water partition coefficient (Wildman–Crippen LogP) is -1.04. The van der Waals surface area contributed by atoms with Crippen molar-refractivity contribution >= 4 is 70.9 Å². The second-order valence-electron chi connectivity index (χ2n) is 20.7. The molecule has 0 aliphatic carbocycles. The molecular formula is C54H82N10O14S. The number of aliphatic hydroxyl groups is 2. The second-order valence-corrected chi connectivity index (χ2v) is 21.6. The molecule has 0 aromatic heterocycles. The Kier molecular flexibility index (Phi) is 27.2. The van der Waals surface area contributed by atoms with Gasteiger partial charge in [0.25, 0.3) is 0 Å². The fourth-order valence-electron chi connectivity index (χ4n) is 8.52. The summed E-state index contributed by atoms with van der Waals surface area (Å²) >= 11 is 1.38. The molecule has 25 heteroatoms. The van der Waals surface area contributed by atoms with Crippen LogP contribution < -0.4 is 48.3 Å². The smallest absolute Gasteiger partial charge is 0.326 e. The molecule has 14 N–H and O–H groups in total. The highest BCUT2D eigenvalue weighted by atomic mass is 32.2. The van der Waals surface area contributed by atoms with Crippen molar-refractivity contribution in [1.82, 2.24) is 47.4 Å². The van der Waals surface area contributed by atoms with E-state index < -0.39 is 144 Å². The number of nitrogens with two attached hydrogens (primary N) is 1. The highest BCUT2D eigenvalue weighted by Crippen LogP contribution is 2.21. The molecule has 79 heavy (non-hydrogen) atoms. The van der Waals surface area contributed by atoms with Crippen LogP contribution in [0, 0.1) is 17.8 Å². The molecule has 0 spiro atoms. The topological polar surface area (TPSA) is 377 Å². The fourth-order valence-corrected chi connectivity index (χ4v) is 8.99. The number of likely N-dealkylation sites (tertiary alicyclic amines) is 1. The van der Waals surface area contributed by atoms with E-state index in [-0.39, 0.29) is 43.9 Å². The number of aromatic hydroxyl groups is 1. The quantitative estimate of drug-likeness (QED) is 0.0429. The highest BCUT2D eigenvalue weighted by Gasteiger charge is 2.41. The van der Waals surface area contributed by atoms with Crippen molar-refractivity contribution in [2.24, 2.45) is 23.5 Å². The Balaban J connectivity index is 1.81. The van der Waals surface area contributed by atoms with Gasteiger partial charge in [0.1, 0.15) is 54.1 Å². The Morgan fingerprint density at radius 2 is 1.15 bits per heavy atom. The minimum absolute atomic E-state index is 0.0295. The number of aliphatic hydroxyl groups excluding tert-OH is 2. The van der Waals surface area contributed by atoms with Crippen LogP contribution in [0.3, 0.4) is 0 Å². The van der Waals surface area contributed by atoms with Crippen molar-refractivity contribution in [2.45, 2.75) is 160 Å². The number of hydrogen-bond acceptors (Lipinski definition) is 15. The lowest BCUT2D eigenvalue weighted by Crippen LogP contribution is -2.64. The van der Waals surface area contributed by atoms with Crippen LogP contribution >= 0.6 is 11.8 Å². The van der Waals surface area contributed by atoms with Crippen LogP contribution in [0.15, 0.2) is 54.6 Å². The van der Waals surface area contributed by atoms with Crippen molar-refractivity contribution in [3.05, 3.63) is 65.7 Å². The molecule has 0 bridgehead atoms. The zero-order valence-corrected chi connectivity index (χ0v) is 47.3. The van der Waals surface area contributed by atoms with Crippen LogP contribution in [0.5, 0.6) is 5.75 Å². The van der Waals surface area contributed by atoms with E-state index in [1.54, 1.807) is 78.1 Å². The van der Waals surface area contributed by atoms with Gasteiger partial charge in [-0.15, -0.1) is 0 Å². The van der Waals surface area contributed by atoms with Crippen LogP contribution in [0.4, 0.5) is 0 Å². The molecule has 12 atom stereocenters. The van der Waals surface area contributed by atoms with Gasteiger partial charge in [0.05, 0.1) is 24.8 Å². The van der Waals surface area contributed by atoms with Gasteiger partial charge in [0, 0.05) is 19.4 Å². The Morgan fingerprint density at radius 3 is 1.68 bits per heavy atom. The average Bonchev–Trinajstić information content (AvgIpc) is 3.90. The number of aliphatic carboxylic acids is 1. The van der Waals surface area contributed by atoms with Crippen molar-refractivity contribution in [2.75, 3.05) is 25.1 Å². The summed E-state index contributed by atoms with van der Waals surface area (Å²) in [7, 11) is 0. The molecule has 2 aromatic carbocycles. The number of hydrogen-bond donors (Lipinski definition) is 13. The summed E-state index contributed by atoms with van der Waals surface area (Å²) in [6, 6.07) is 2.26. The number of thioether (sulfide) groups is 1. The monoisotopic (exact) mass is 1130 g/mol. The molecule has 438 valence electrons. The number of carboxylic acids is 1.